The third kappa shape index (κ3) is 3.78. The average molecular weight is 262 g/mol. The van der Waals surface area contributed by atoms with E-state index in [0.29, 0.717) is 12.0 Å². The van der Waals surface area contributed by atoms with Crippen LogP contribution in [0.5, 0.6) is 0 Å². The molecule has 3 heteroatoms. The first-order valence-corrected chi connectivity index (χ1v) is 7.26. The van der Waals surface area contributed by atoms with Gasteiger partial charge in [0.1, 0.15) is 0 Å². The van der Waals surface area contributed by atoms with E-state index in [2.05, 4.69) is 42.2 Å². The van der Waals surface area contributed by atoms with Gasteiger partial charge in [0.2, 0.25) is 0 Å². The van der Waals surface area contributed by atoms with Crippen LogP contribution in [-0.2, 0) is 4.74 Å². The molecule has 19 heavy (non-hydrogen) atoms. The highest BCUT2D eigenvalue weighted by atomic mass is 16.5. The van der Waals surface area contributed by atoms with Crippen molar-refractivity contribution >= 4 is 0 Å². The van der Waals surface area contributed by atoms with Gasteiger partial charge in [-0.15, -0.1) is 0 Å². The summed E-state index contributed by atoms with van der Waals surface area (Å²) in [5.41, 5.74) is 7.56. The van der Waals surface area contributed by atoms with Gasteiger partial charge in [-0.2, -0.15) is 0 Å². The van der Waals surface area contributed by atoms with Crippen LogP contribution in [0.3, 0.4) is 0 Å². The minimum Gasteiger partial charge on any atom is -0.384 e. The number of ether oxygens (including phenoxy) is 1. The molecule has 3 nitrogen and oxygen atoms in total. The van der Waals surface area contributed by atoms with Gasteiger partial charge < -0.3 is 10.5 Å². The number of hydrogen-bond acceptors (Lipinski definition) is 3. The zero-order chi connectivity index (χ0) is 13.7. The Kier molecular flexibility index (Phi) is 5.37. The molecule has 1 aromatic carbocycles. The number of piperidine rings is 1. The Hall–Kier alpha value is -0.900. The fourth-order valence-electron chi connectivity index (χ4n) is 3.13. The first kappa shape index (κ1) is 14.5. The molecule has 2 unspecified atom stereocenters. The van der Waals surface area contributed by atoms with Crippen molar-refractivity contribution in [2.75, 3.05) is 26.8 Å². The molecule has 106 valence electrons. The SMILES string of the molecule is COCC1CCN(C(c2ccccc2)C(C)N)CC1. The molecule has 1 saturated heterocycles. The summed E-state index contributed by atoms with van der Waals surface area (Å²) >= 11 is 0. The maximum absolute atomic E-state index is 6.23. The fourth-order valence-corrected chi connectivity index (χ4v) is 3.13. The van der Waals surface area contributed by atoms with E-state index in [0.717, 1.165) is 19.7 Å². The van der Waals surface area contributed by atoms with Crippen LogP contribution in [0.2, 0.25) is 0 Å². The van der Waals surface area contributed by atoms with Crippen molar-refractivity contribution in [3.63, 3.8) is 0 Å². The molecule has 0 amide bonds. The van der Waals surface area contributed by atoms with E-state index in [1.165, 1.54) is 18.4 Å². The summed E-state index contributed by atoms with van der Waals surface area (Å²) in [6, 6.07) is 11.1. The van der Waals surface area contributed by atoms with Crippen molar-refractivity contribution in [3.8, 4) is 0 Å². The molecule has 2 atom stereocenters. The van der Waals surface area contributed by atoms with E-state index in [4.69, 9.17) is 10.5 Å². The molecule has 0 bridgehead atoms. The molecule has 0 aliphatic carbocycles. The Morgan fingerprint density at radius 2 is 1.89 bits per heavy atom. The molecule has 2 N–H and O–H groups in total. The van der Waals surface area contributed by atoms with Gasteiger partial charge in [0.25, 0.3) is 0 Å². The summed E-state index contributed by atoms with van der Waals surface area (Å²) in [6.07, 6.45) is 2.42. The van der Waals surface area contributed by atoms with Crippen LogP contribution in [0.15, 0.2) is 30.3 Å². The van der Waals surface area contributed by atoms with Crippen LogP contribution in [0.1, 0.15) is 31.4 Å². The molecule has 0 radical (unpaired) electrons. The van der Waals surface area contributed by atoms with E-state index in [1.54, 1.807) is 7.11 Å². The molecule has 1 aliphatic heterocycles. The van der Waals surface area contributed by atoms with Crippen molar-refractivity contribution in [1.29, 1.82) is 0 Å². The van der Waals surface area contributed by atoms with Gasteiger partial charge in [0.05, 0.1) is 0 Å². The lowest BCUT2D eigenvalue weighted by Crippen LogP contribution is -2.44. The van der Waals surface area contributed by atoms with Crippen molar-refractivity contribution in [2.45, 2.75) is 31.8 Å². The van der Waals surface area contributed by atoms with E-state index >= 15 is 0 Å². The Labute approximate surface area is 116 Å². The van der Waals surface area contributed by atoms with E-state index in [-0.39, 0.29) is 6.04 Å². The highest BCUT2D eigenvalue weighted by molar-refractivity contribution is 5.20. The minimum atomic E-state index is 0.154. The Morgan fingerprint density at radius 3 is 2.42 bits per heavy atom. The van der Waals surface area contributed by atoms with Gasteiger partial charge in [-0.05, 0) is 44.3 Å². The lowest BCUT2D eigenvalue weighted by molar-refractivity contribution is 0.0736. The summed E-state index contributed by atoms with van der Waals surface area (Å²) < 4.78 is 5.27. The third-order valence-corrected chi connectivity index (χ3v) is 4.08. The number of benzene rings is 1. The Morgan fingerprint density at radius 1 is 1.26 bits per heavy atom. The molecular formula is C16H26N2O. The summed E-state index contributed by atoms with van der Waals surface area (Å²) in [5, 5.41) is 0. The number of likely N-dealkylation sites (tertiary alicyclic amines) is 1. The van der Waals surface area contributed by atoms with Crippen molar-refractivity contribution in [3.05, 3.63) is 35.9 Å². The van der Waals surface area contributed by atoms with Gasteiger partial charge in [-0.25, -0.2) is 0 Å². The number of hydrogen-bond donors (Lipinski definition) is 1. The first-order chi connectivity index (χ1) is 9.22. The molecule has 0 aromatic heterocycles. The average Bonchev–Trinajstić information content (AvgIpc) is 2.42. The van der Waals surface area contributed by atoms with Gasteiger partial charge in [-0.1, -0.05) is 30.3 Å². The van der Waals surface area contributed by atoms with Crippen LogP contribution in [0.25, 0.3) is 0 Å². The maximum atomic E-state index is 6.23. The lowest BCUT2D eigenvalue weighted by atomic mass is 9.92. The van der Waals surface area contributed by atoms with E-state index < -0.39 is 0 Å². The summed E-state index contributed by atoms with van der Waals surface area (Å²) in [5.74, 6) is 0.714. The molecule has 2 rings (SSSR count). The monoisotopic (exact) mass is 262 g/mol. The molecule has 1 aliphatic rings. The van der Waals surface area contributed by atoms with Crippen LogP contribution < -0.4 is 5.73 Å². The van der Waals surface area contributed by atoms with Gasteiger partial charge in [-0.3, -0.25) is 4.90 Å². The van der Waals surface area contributed by atoms with Crippen LogP contribution >= 0.6 is 0 Å². The molecule has 1 aromatic rings. The maximum Gasteiger partial charge on any atom is 0.0496 e. The normalized spacial score (nSPS) is 21.2. The smallest absolute Gasteiger partial charge is 0.0496 e. The quantitative estimate of drug-likeness (QED) is 0.885. The highest BCUT2D eigenvalue weighted by Gasteiger charge is 2.28. The highest BCUT2D eigenvalue weighted by Crippen LogP contribution is 2.28. The predicted octanol–water partition coefficient (Wildman–Crippen LogP) is 2.43. The van der Waals surface area contributed by atoms with Crippen molar-refractivity contribution < 1.29 is 4.74 Å². The number of nitrogens with zero attached hydrogens (tertiary/aromatic N) is 1. The topological polar surface area (TPSA) is 38.5 Å². The fraction of sp³-hybridized carbons (Fsp3) is 0.625. The summed E-state index contributed by atoms with van der Waals surface area (Å²) in [7, 11) is 1.79. The second-order valence-corrected chi connectivity index (χ2v) is 5.65. The van der Waals surface area contributed by atoms with E-state index in [1.807, 2.05) is 0 Å². The molecule has 1 heterocycles. The zero-order valence-electron chi connectivity index (χ0n) is 12.1. The largest absolute Gasteiger partial charge is 0.384 e. The van der Waals surface area contributed by atoms with Crippen LogP contribution in [0.4, 0.5) is 0 Å². The summed E-state index contributed by atoms with van der Waals surface area (Å²) in [4.78, 5) is 2.53. The predicted molar refractivity (Wildman–Crippen MR) is 79.0 cm³/mol. The van der Waals surface area contributed by atoms with Gasteiger partial charge in [0, 0.05) is 25.8 Å². The van der Waals surface area contributed by atoms with E-state index in [9.17, 15) is 0 Å². The molecule has 0 saturated carbocycles. The van der Waals surface area contributed by atoms with Gasteiger partial charge >= 0.3 is 0 Å². The molecule has 1 fully saturated rings. The standard InChI is InChI=1S/C16H26N2O/c1-13(17)16(15-6-4-3-5-7-15)18-10-8-14(9-11-18)12-19-2/h3-7,13-14,16H,8-12,17H2,1-2H3. The van der Waals surface area contributed by atoms with Crippen LogP contribution in [-0.4, -0.2) is 37.7 Å². The second kappa shape index (κ2) is 7.04. The Bertz CT molecular complexity index is 358. The molecule has 0 spiro atoms. The number of rotatable bonds is 5. The summed E-state index contributed by atoms with van der Waals surface area (Å²) in [6.45, 7) is 5.24. The molecular weight excluding hydrogens is 236 g/mol. The van der Waals surface area contributed by atoms with Crippen molar-refractivity contribution in [1.82, 2.24) is 4.90 Å². The van der Waals surface area contributed by atoms with Gasteiger partial charge in [0.15, 0.2) is 0 Å². The number of nitrogens with two attached hydrogens (primary N) is 1. The number of methoxy groups -OCH3 is 1. The third-order valence-electron chi connectivity index (χ3n) is 4.08. The Balaban J connectivity index is 2.02. The van der Waals surface area contributed by atoms with Crippen molar-refractivity contribution in [2.24, 2.45) is 11.7 Å². The zero-order valence-corrected chi connectivity index (χ0v) is 12.1. The van der Waals surface area contributed by atoms with Crippen LogP contribution in [0, 0.1) is 5.92 Å². The first-order valence-electron chi connectivity index (χ1n) is 7.26. The minimum absolute atomic E-state index is 0.154. The lowest BCUT2D eigenvalue weighted by Gasteiger charge is -2.39. The second-order valence-electron chi connectivity index (χ2n) is 5.65.